The summed E-state index contributed by atoms with van der Waals surface area (Å²) in [5, 5.41) is 0. The van der Waals surface area contributed by atoms with Gasteiger partial charge < -0.3 is 86.9 Å². The number of methoxy groups -OCH3 is 2. The van der Waals surface area contributed by atoms with Crippen molar-refractivity contribution in [1.29, 1.82) is 0 Å². The fourth-order valence-electron chi connectivity index (χ4n) is 8.09. The molecule has 3 unspecified atom stereocenters. The third kappa shape index (κ3) is 64.8. The van der Waals surface area contributed by atoms with Crippen molar-refractivity contribution in [1.82, 2.24) is 0 Å². The zero-order chi connectivity index (χ0) is 73.8. The molecule has 25 nitrogen and oxygen atoms in total. The second kappa shape index (κ2) is 58.7. The predicted octanol–water partition coefficient (Wildman–Crippen LogP) is 8.61. The van der Waals surface area contributed by atoms with Crippen LogP contribution in [0.4, 0.5) is 0 Å². The standard InChI is InChI=1S/C24H48O11.C20H50O6Si5.C11H16NO4S2.C9H20O3.Na/c1-4-23(2)24(25)35-22-21-34-20-19-33-18-17-32-16-15-31-14-13-30-12-11-29-10-9-28-8-7-27-6-5-26-3;1-15-20(2,3)19(21)22-17-16-18-28(7,8)24-30(11,12)26-31(13,14)25-29(9,10)23-27(4,5)6;1-4-9(2)10-5-7-11(8-6-10)18(15,16)12-17(3,13)14;1-4-9(2)12-8-7-11-6-5-10-3;/h23H,4-22H2,1-3H3;15-18H2,1-14H3;5-9H,4H2,1-3H3;9H,4-8H2,1-3H3;/q;;-1;;+1. The Labute approximate surface area is 615 Å². The number of carbonyl (C=O) groups is 2. The van der Waals surface area contributed by atoms with Crippen LogP contribution in [-0.2, 0) is 112 Å². The summed E-state index contributed by atoms with van der Waals surface area (Å²) in [5.41, 5.74) is 0.592. The van der Waals surface area contributed by atoms with Crippen molar-refractivity contribution in [3.8, 4) is 0 Å². The van der Waals surface area contributed by atoms with Gasteiger partial charge in [-0.3, -0.25) is 9.59 Å². The van der Waals surface area contributed by atoms with E-state index < -0.39 is 67.8 Å². The second-order valence-electron chi connectivity index (χ2n) is 26.2. The molecular formula is C64H134NNaO24S2Si5. The molecule has 572 valence electrons. The van der Waals surface area contributed by atoms with Crippen LogP contribution >= 0.6 is 0 Å². The SMILES string of the molecule is CCC(C)(C)C(=O)OCCC[Si](C)(C)O[Si](C)(C)O[Si](C)(C)O[Si](C)(C)O[Si](C)(C)C.CCC(C)C(=O)OCCOCCOCCOCCOCCOCCOCCOCCOCCOC.CCC(C)OCCOCCOC.CCC(C)c1ccc(S(=O)(=O)[N-]S(C)(=O)=O)cc1.[Na+]. The Kier molecular flexibility index (Phi) is 62.2. The van der Waals surface area contributed by atoms with Gasteiger partial charge in [0.25, 0.3) is 0 Å². The summed E-state index contributed by atoms with van der Waals surface area (Å²) >= 11 is 0. The van der Waals surface area contributed by atoms with Crippen LogP contribution in [0.2, 0.25) is 78.1 Å². The van der Waals surface area contributed by atoms with Gasteiger partial charge in [-0.2, -0.15) is 0 Å². The number of hydrogen-bond acceptors (Lipinski definition) is 24. The van der Waals surface area contributed by atoms with Gasteiger partial charge in [0, 0.05) is 25.4 Å². The van der Waals surface area contributed by atoms with Crippen LogP contribution in [-0.4, -0.2) is 250 Å². The summed E-state index contributed by atoms with van der Waals surface area (Å²) in [7, 11) is -15.4. The van der Waals surface area contributed by atoms with Gasteiger partial charge in [0.2, 0.25) is 0 Å². The van der Waals surface area contributed by atoms with Crippen molar-refractivity contribution >= 4 is 74.3 Å². The fourth-order valence-corrected chi connectivity index (χ4v) is 34.1. The molecular weight excluding hydrogens is 1390 g/mol. The van der Waals surface area contributed by atoms with Gasteiger partial charge in [0.15, 0.2) is 16.6 Å². The number of benzene rings is 1. The summed E-state index contributed by atoms with van der Waals surface area (Å²) in [5.74, 6) is -0.0401. The summed E-state index contributed by atoms with van der Waals surface area (Å²) in [4.78, 5) is 23.5. The average molecular weight is 1530 g/mol. The summed E-state index contributed by atoms with van der Waals surface area (Å²) in [6, 6.07) is 7.04. The van der Waals surface area contributed by atoms with Crippen LogP contribution in [0, 0.1) is 11.3 Å². The normalized spacial score (nSPS) is 13.4. The molecule has 1 aromatic carbocycles. The van der Waals surface area contributed by atoms with Gasteiger partial charge in [0.05, 0.1) is 173 Å². The number of rotatable bonds is 56. The van der Waals surface area contributed by atoms with Gasteiger partial charge >= 0.3 is 67.2 Å². The first-order chi connectivity index (χ1) is 44.7. The first kappa shape index (κ1) is 103. The Morgan fingerprint density at radius 1 is 0.474 bits per heavy atom. The molecule has 0 spiro atoms. The minimum absolute atomic E-state index is 0. The molecule has 0 heterocycles. The Hall–Kier alpha value is -0.536. The van der Waals surface area contributed by atoms with Crippen LogP contribution in [0.3, 0.4) is 0 Å². The quantitative estimate of drug-likeness (QED) is 0.0335. The molecule has 0 amide bonds. The number of esters is 2. The molecule has 0 fully saturated rings. The zero-order valence-corrected chi connectivity index (χ0v) is 73.2. The second-order valence-corrected chi connectivity index (χ2v) is 49.6. The van der Waals surface area contributed by atoms with E-state index in [1.165, 1.54) is 12.1 Å². The molecule has 0 aliphatic heterocycles. The van der Waals surface area contributed by atoms with Gasteiger partial charge in [0.1, 0.15) is 16.6 Å². The zero-order valence-electron chi connectivity index (χ0n) is 64.6. The van der Waals surface area contributed by atoms with Crippen molar-refractivity contribution in [3.05, 3.63) is 34.0 Å². The Morgan fingerprint density at radius 3 is 1.18 bits per heavy atom. The first-order valence-corrected chi connectivity index (χ1v) is 52.2. The molecule has 1 rings (SSSR count). The topological polar surface area (TPSA) is 283 Å². The summed E-state index contributed by atoms with van der Waals surface area (Å²) in [6.07, 6.45) is 5.46. The van der Waals surface area contributed by atoms with Crippen molar-refractivity contribution in [2.24, 2.45) is 11.3 Å². The molecule has 33 heteroatoms. The predicted molar refractivity (Wildman–Crippen MR) is 390 cm³/mol. The van der Waals surface area contributed by atoms with E-state index in [1.807, 2.05) is 48.5 Å². The van der Waals surface area contributed by atoms with E-state index in [9.17, 15) is 26.4 Å². The molecule has 0 bridgehead atoms. The summed E-state index contributed by atoms with van der Waals surface area (Å²) < 4.78 is 148. The van der Waals surface area contributed by atoms with Gasteiger partial charge in [-0.25, -0.2) is 16.8 Å². The van der Waals surface area contributed by atoms with E-state index >= 15 is 0 Å². The maximum absolute atomic E-state index is 12.1. The van der Waals surface area contributed by atoms with Crippen LogP contribution in [0.25, 0.3) is 4.13 Å². The van der Waals surface area contributed by atoms with Gasteiger partial charge in [-0.05, 0) is 155 Å². The van der Waals surface area contributed by atoms with Crippen LogP contribution < -0.4 is 29.6 Å². The minimum atomic E-state index is -4.13. The van der Waals surface area contributed by atoms with Crippen molar-refractivity contribution in [2.75, 3.05) is 172 Å². The molecule has 0 aliphatic carbocycles. The minimum Gasteiger partial charge on any atom is -0.465 e. The molecule has 97 heavy (non-hydrogen) atoms. The molecule has 0 N–H and O–H groups in total. The Balaban J connectivity index is -0.000000632. The van der Waals surface area contributed by atoms with E-state index in [2.05, 4.69) is 90.0 Å². The van der Waals surface area contributed by atoms with Crippen LogP contribution in [0.5, 0.6) is 0 Å². The van der Waals surface area contributed by atoms with E-state index in [0.29, 0.717) is 157 Å². The van der Waals surface area contributed by atoms with Crippen LogP contribution in [0.1, 0.15) is 106 Å². The molecule has 0 saturated heterocycles. The number of hydrogen-bond donors (Lipinski definition) is 0. The number of nitrogens with zero attached hydrogens (tertiary/aromatic N) is 1. The molecule has 0 saturated carbocycles. The van der Waals surface area contributed by atoms with E-state index in [-0.39, 0.29) is 58.9 Å². The van der Waals surface area contributed by atoms with E-state index in [1.54, 1.807) is 26.4 Å². The largest absolute Gasteiger partial charge is 1.00 e. The Bertz CT molecular complexity index is 2300. The molecule has 0 aliphatic rings. The number of sulfonamides is 2. The smallest absolute Gasteiger partial charge is 0.465 e. The first-order valence-electron chi connectivity index (χ1n) is 33.9. The number of carbonyl (C=O) groups excluding carboxylic acids is 2. The van der Waals surface area contributed by atoms with Crippen LogP contribution in [0.15, 0.2) is 29.2 Å². The molecule has 3 atom stereocenters. The summed E-state index contributed by atoms with van der Waals surface area (Å²) in [6.45, 7) is 53.6. The number of ether oxygens (including phenoxy) is 14. The van der Waals surface area contributed by atoms with E-state index in [0.717, 1.165) is 50.0 Å². The van der Waals surface area contributed by atoms with Crippen molar-refractivity contribution < 1.29 is 139 Å². The third-order valence-electron chi connectivity index (χ3n) is 13.4. The average Bonchev–Trinajstić information content (AvgIpc) is 0.851. The van der Waals surface area contributed by atoms with Gasteiger partial charge in [-0.1, -0.05) is 53.7 Å². The maximum Gasteiger partial charge on any atom is 1.00 e. The fraction of sp³-hybridized carbons (Fsp3) is 0.875. The molecule has 0 aromatic heterocycles. The van der Waals surface area contributed by atoms with Gasteiger partial charge in [-0.15, -0.1) is 0 Å². The van der Waals surface area contributed by atoms with Crippen molar-refractivity contribution in [2.45, 2.75) is 189 Å². The molecule has 1 aromatic rings. The Morgan fingerprint density at radius 2 is 0.835 bits per heavy atom. The monoisotopic (exact) mass is 1530 g/mol. The maximum atomic E-state index is 12.1. The third-order valence-corrected chi connectivity index (χ3v) is 34.2. The molecule has 0 radical (unpaired) electrons. The van der Waals surface area contributed by atoms with Crippen molar-refractivity contribution in [3.63, 3.8) is 0 Å². The van der Waals surface area contributed by atoms with E-state index in [4.69, 9.17) is 82.8 Å².